The van der Waals surface area contributed by atoms with Gasteiger partial charge in [0.2, 0.25) is 5.91 Å². The Bertz CT molecular complexity index is 1410. The van der Waals surface area contributed by atoms with E-state index in [-0.39, 0.29) is 29.4 Å². The summed E-state index contributed by atoms with van der Waals surface area (Å²) in [6, 6.07) is 7.75. The van der Waals surface area contributed by atoms with Gasteiger partial charge in [-0.25, -0.2) is 0 Å². The number of rotatable bonds is 5. The summed E-state index contributed by atoms with van der Waals surface area (Å²) in [4.78, 5) is 17.5. The number of piperidine rings is 1. The SMILES string of the molecule is CN(C(=O)/C=C/c1cccc(C(F)(F)F)c1)C1CCC2Oc3c(O)ccc4c3[C@@]23CCN(CC2CC2)[C@H](C4)[C@]13O. The van der Waals surface area contributed by atoms with E-state index < -0.39 is 28.8 Å². The Labute approximate surface area is 231 Å². The van der Waals surface area contributed by atoms with Gasteiger partial charge in [-0.1, -0.05) is 18.2 Å². The molecule has 2 heterocycles. The second-order valence-corrected chi connectivity index (χ2v) is 12.3. The number of carbonyl (C=O) groups is 1. The van der Waals surface area contributed by atoms with Gasteiger partial charge in [0.1, 0.15) is 11.7 Å². The van der Waals surface area contributed by atoms with Crippen LogP contribution < -0.4 is 4.74 Å². The van der Waals surface area contributed by atoms with Crippen molar-refractivity contribution in [3.8, 4) is 11.5 Å². The highest BCUT2D eigenvalue weighted by atomic mass is 19.4. The number of amides is 1. The van der Waals surface area contributed by atoms with Gasteiger partial charge in [0.05, 0.1) is 17.0 Å². The molecule has 2 aliphatic heterocycles. The number of hydrogen-bond donors (Lipinski definition) is 2. The molecule has 3 aliphatic carbocycles. The molecular weight excluding hydrogens is 521 g/mol. The number of hydrogen-bond acceptors (Lipinski definition) is 5. The van der Waals surface area contributed by atoms with Crippen molar-refractivity contribution >= 4 is 12.0 Å². The van der Waals surface area contributed by atoms with Crippen molar-refractivity contribution in [3.05, 3.63) is 64.7 Å². The summed E-state index contributed by atoms with van der Waals surface area (Å²) in [6.45, 7) is 1.73. The van der Waals surface area contributed by atoms with Crippen LogP contribution in [0.5, 0.6) is 11.5 Å². The summed E-state index contributed by atoms with van der Waals surface area (Å²) >= 11 is 0. The van der Waals surface area contributed by atoms with Gasteiger partial charge < -0.3 is 19.8 Å². The third kappa shape index (κ3) is 3.59. The van der Waals surface area contributed by atoms with Gasteiger partial charge >= 0.3 is 6.18 Å². The number of halogens is 3. The number of likely N-dealkylation sites (tertiary alicyclic amines) is 1. The third-order valence-electron chi connectivity index (χ3n) is 10.2. The highest BCUT2D eigenvalue weighted by Crippen LogP contribution is 2.66. The number of phenols is 1. The molecule has 0 aromatic heterocycles. The van der Waals surface area contributed by atoms with Crippen LogP contribution >= 0.6 is 0 Å². The van der Waals surface area contributed by atoms with Crippen molar-refractivity contribution in [2.24, 2.45) is 5.92 Å². The van der Waals surface area contributed by atoms with E-state index in [1.165, 1.54) is 37.1 Å². The number of carbonyl (C=O) groups excluding carboxylic acids is 1. The van der Waals surface area contributed by atoms with Crippen LogP contribution in [0.25, 0.3) is 6.08 Å². The van der Waals surface area contributed by atoms with E-state index in [4.69, 9.17) is 4.74 Å². The number of nitrogens with zero attached hydrogens (tertiary/aromatic N) is 2. The average Bonchev–Trinajstić information content (AvgIpc) is 3.67. The summed E-state index contributed by atoms with van der Waals surface area (Å²) in [7, 11) is 1.67. The lowest BCUT2D eigenvalue weighted by atomic mass is 9.47. The van der Waals surface area contributed by atoms with E-state index >= 15 is 0 Å². The van der Waals surface area contributed by atoms with E-state index in [9.17, 15) is 28.2 Å². The molecular formula is C31H33F3N2O4. The molecule has 0 radical (unpaired) electrons. The van der Waals surface area contributed by atoms with Crippen molar-refractivity contribution in [2.45, 2.75) is 73.9 Å². The van der Waals surface area contributed by atoms with E-state index in [2.05, 4.69) is 4.90 Å². The van der Waals surface area contributed by atoms with Crippen molar-refractivity contribution in [3.63, 3.8) is 0 Å². The number of alkyl halides is 3. The topological polar surface area (TPSA) is 73.2 Å². The van der Waals surface area contributed by atoms with Gasteiger partial charge in [-0.05, 0) is 86.4 Å². The minimum absolute atomic E-state index is 0.0775. The summed E-state index contributed by atoms with van der Waals surface area (Å²) in [6.07, 6.45) is 2.69. The third-order valence-corrected chi connectivity index (χ3v) is 10.2. The van der Waals surface area contributed by atoms with Gasteiger partial charge in [0.15, 0.2) is 11.5 Å². The summed E-state index contributed by atoms with van der Waals surface area (Å²) in [5.41, 5.74) is -0.574. The maximum Gasteiger partial charge on any atom is 0.416 e. The molecule has 2 saturated carbocycles. The predicted octanol–water partition coefficient (Wildman–Crippen LogP) is 4.52. The molecule has 5 atom stereocenters. The Morgan fingerprint density at radius 3 is 2.75 bits per heavy atom. The first kappa shape index (κ1) is 25.9. The van der Waals surface area contributed by atoms with Crippen LogP contribution in [0.1, 0.15) is 54.4 Å². The standard InChI is InChI=1S/C31H33F3N2O4/c1-35(26(38)12-7-18-3-2-4-21(15-18)31(32,33)34)23-10-11-25-29-13-14-36(17-19-5-6-19)24(30(23,29)39)16-20-8-9-22(37)28(40-25)27(20)29/h2-4,7-9,12,15,19,23-25,37,39H,5-6,10-11,13-14,16-17H2,1H3/b12-7+/t23?,24-,25?,29-,30-/m1/s1. The Hall–Kier alpha value is -3.04. The minimum atomic E-state index is -4.47. The Morgan fingerprint density at radius 1 is 1.20 bits per heavy atom. The molecule has 2 N–H and O–H groups in total. The molecule has 7 rings (SSSR count). The maximum absolute atomic E-state index is 13.5. The van der Waals surface area contributed by atoms with E-state index in [0.29, 0.717) is 37.4 Å². The molecule has 2 aromatic carbocycles. The zero-order valence-corrected chi connectivity index (χ0v) is 22.3. The zero-order valence-electron chi connectivity index (χ0n) is 22.3. The Kier molecular flexibility index (Phi) is 5.65. The van der Waals surface area contributed by atoms with Gasteiger partial charge in [-0.3, -0.25) is 9.69 Å². The van der Waals surface area contributed by atoms with Gasteiger partial charge in [-0.15, -0.1) is 0 Å². The van der Waals surface area contributed by atoms with E-state index in [1.54, 1.807) is 18.0 Å². The van der Waals surface area contributed by atoms with Crippen LogP contribution in [0.3, 0.4) is 0 Å². The highest BCUT2D eigenvalue weighted by Gasteiger charge is 2.74. The van der Waals surface area contributed by atoms with Crippen molar-refractivity contribution in [2.75, 3.05) is 20.1 Å². The summed E-state index contributed by atoms with van der Waals surface area (Å²) < 4.78 is 45.9. The molecule has 2 bridgehead atoms. The van der Waals surface area contributed by atoms with Crippen molar-refractivity contribution in [1.82, 2.24) is 9.80 Å². The monoisotopic (exact) mass is 554 g/mol. The molecule has 2 unspecified atom stereocenters. The lowest BCUT2D eigenvalue weighted by Crippen LogP contribution is -2.81. The van der Waals surface area contributed by atoms with E-state index in [0.717, 1.165) is 36.3 Å². The van der Waals surface area contributed by atoms with Crippen LogP contribution in [0.15, 0.2) is 42.5 Å². The first-order valence-corrected chi connectivity index (χ1v) is 14.1. The first-order chi connectivity index (χ1) is 19.0. The fourth-order valence-corrected chi connectivity index (χ4v) is 8.23. The predicted molar refractivity (Wildman–Crippen MR) is 142 cm³/mol. The molecule has 40 heavy (non-hydrogen) atoms. The molecule has 9 heteroatoms. The zero-order chi connectivity index (χ0) is 28.0. The molecule has 2 aromatic rings. The highest BCUT2D eigenvalue weighted by molar-refractivity contribution is 5.92. The molecule has 6 nitrogen and oxygen atoms in total. The Balaban J connectivity index is 1.25. The number of ether oxygens (including phenoxy) is 1. The summed E-state index contributed by atoms with van der Waals surface area (Å²) in [5, 5.41) is 23.8. The largest absolute Gasteiger partial charge is 0.504 e. The normalized spacial score (nSPS) is 32.6. The van der Waals surface area contributed by atoms with Gasteiger partial charge in [0, 0.05) is 31.3 Å². The fraction of sp³-hybridized carbons (Fsp3) is 0.516. The van der Waals surface area contributed by atoms with Crippen molar-refractivity contribution in [1.29, 1.82) is 0 Å². The number of benzene rings is 2. The molecule has 1 amide bonds. The number of aliphatic hydroxyl groups is 1. The summed E-state index contributed by atoms with van der Waals surface area (Å²) in [5.74, 6) is 0.794. The lowest BCUT2D eigenvalue weighted by Gasteiger charge is -2.66. The van der Waals surface area contributed by atoms with Crippen LogP contribution in [-0.2, 0) is 22.8 Å². The average molecular weight is 555 g/mol. The first-order valence-electron chi connectivity index (χ1n) is 14.1. The second-order valence-electron chi connectivity index (χ2n) is 12.3. The Morgan fingerprint density at radius 2 is 2.00 bits per heavy atom. The van der Waals surface area contributed by atoms with Crippen LogP contribution in [-0.4, -0.2) is 69.8 Å². The van der Waals surface area contributed by atoms with Crippen LogP contribution in [0, 0.1) is 5.92 Å². The molecule has 5 aliphatic rings. The minimum Gasteiger partial charge on any atom is -0.504 e. The molecule has 1 saturated heterocycles. The number of aromatic hydroxyl groups is 1. The van der Waals surface area contributed by atoms with Crippen LogP contribution in [0.4, 0.5) is 13.2 Å². The maximum atomic E-state index is 13.5. The van der Waals surface area contributed by atoms with E-state index in [1.807, 2.05) is 6.07 Å². The van der Waals surface area contributed by atoms with Gasteiger partial charge in [-0.2, -0.15) is 13.2 Å². The number of likely N-dealkylation sites (N-methyl/N-ethyl adjacent to an activating group) is 1. The second kappa shape index (κ2) is 8.73. The molecule has 1 spiro atoms. The lowest BCUT2D eigenvalue weighted by molar-refractivity contribution is -0.217. The number of phenolic OH excluding ortho intramolecular Hbond substituents is 1. The van der Waals surface area contributed by atoms with Crippen LogP contribution in [0.2, 0.25) is 0 Å². The fourth-order valence-electron chi connectivity index (χ4n) is 8.23. The molecule has 212 valence electrons. The molecule has 3 fully saturated rings. The quantitative estimate of drug-likeness (QED) is 0.532. The van der Waals surface area contributed by atoms with Gasteiger partial charge in [0.25, 0.3) is 0 Å². The smallest absolute Gasteiger partial charge is 0.416 e. The van der Waals surface area contributed by atoms with Crippen molar-refractivity contribution < 1.29 is 32.9 Å².